The van der Waals surface area contributed by atoms with E-state index in [4.69, 9.17) is 33.9 Å². The molecule has 1 aromatic carbocycles. The zero-order valence-electron chi connectivity index (χ0n) is 11.8. The predicted octanol–water partition coefficient (Wildman–Crippen LogP) is 4.09. The Balaban J connectivity index is 3.05. The minimum absolute atomic E-state index is 0.0577. The van der Waals surface area contributed by atoms with Gasteiger partial charge in [0, 0.05) is 17.2 Å². The zero-order chi connectivity index (χ0) is 16.4. The highest BCUT2D eigenvalue weighted by Gasteiger charge is 2.23. The monoisotopic (exact) mass is 371 g/mol. The maximum atomic E-state index is 12.1. The van der Waals surface area contributed by atoms with E-state index >= 15 is 0 Å². The molecule has 0 aromatic heterocycles. The normalized spacial score (nSPS) is 12.3. The maximum Gasteiger partial charge on any atom is 0.262 e. The van der Waals surface area contributed by atoms with E-state index in [1.165, 1.54) is 12.1 Å². The van der Waals surface area contributed by atoms with E-state index in [0.717, 1.165) is 6.42 Å². The SMILES string of the molecule is CC(C)(C)CCNC(=O)c1c(Cl)ccc(S(=O)(=O)Cl)c1Cl. The van der Waals surface area contributed by atoms with Crippen molar-refractivity contribution in [2.45, 2.75) is 32.1 Å². The van der Waals surface area contributed by atoms with E-state index in [1.807, 2.05) is 20.8 Å². The summed E-state index contributed by atoms with van der Waals surface area (Å²) < 4.78 is 22.8. The highest BCUT2D eigenvalue weighted by atomic mass is 35.7. The van der Waals surface area contributed by atoms with Crippen molar-refractivity contribution >= 4 is 48.8 Å². The average Bonchev–Trinajstić information content (AvgIpc) is 2.25. The molecule has 0 saturated heterocycles. The standard InChI is InChI=1S/C13H16Cl3NO3S/c1-13(2,3)6-7-17-12(18)10-8(14)4-5-9(11(10)15)21(16,19)20/h4-5H,6-7H2,1-3H3,(H,17,18). The minimum atomic E-state index is -4.05. The molecule has 21 heavy (non-hydrogen) atoms. The van der Waals surface area contributed by atoms with Gasteiger partial charge in [0.25, 0.3) is 15.0 Å². The van der Waals surface area contributed by atoms with Crippen LogP contribution >= 0.6 is 33.9 Å². The lowest BCUT2D eigenvalue weighted by Crippen LogP contribution is -2.28. The summed E-state index contributed by atoms with van der Waals surface area (Å²) in [6, 6.07) is 2.44. The molecule has 0 unspecified atom stereocenters. The van der Waals surface area contributed by atoms with Crippen molar-refractivity contribution in [3.8, 4) is 0 Å². The zero-order valence-corrected chi connectivity index (χ0v) is 14.9. The Hall–Kier alpha value is -0.490. The van der Waals surface area contributed by atoms with Crippen molar-refractivity contribution in [2.24, 2.45) is 5.41 Å². The van der Waals surface area contributed by atoms with Gasteiger partial charge in [0.1, 0.15) is 4.90 Å². The summed E-state index contributed by atoms with van der Waals surface area (Å²) in [5.74, 6) is -0.531. The van der Waals surface area contributed by atoms with Crippen molar-refractivity contribution < 1.29 is 13.2 Å². The second kappa shape index (κ2) is 6.73. The quantitative estimate of drug-likeness (QED) is 0.810. The third-order valence-corrected chi connectivity index (χ3v) is 4.89. The molecule has 0 saturated carbocycles. The van der Waals surface area contributed by atoms with Gasteiger partial charge in [0.2, 0.25) is 0 Å². The lowest BCUT2D eigenvalue weighted by atomic mass is 9.92. The third-order valence-electron chi connectivity index (χ3n) is 2.71. The Morgan fingerprint density at radius 3 is 2.29 bits per heavy atom. The fourth-order valence-corrected chi connectivity index (χ4v) is 3.47. The summed E-state index contributed by atoms with van der Waals surface area (Å²) in [5, 5.41) is 2.46. The predicted molar refractivity (Wildman–Crippen MR) is 85.9 cm³/mol. The number of halogens is 3. The highest BCUT2D eigenvalue weighted by molar-refractivity contribution is 8.13. The molecule has 1 aromatic rings. The summed E-state index contributed by atoms with van der Waals surface area (Å²) in [6.45, 7) is 6.55. The van der Waals surface area contributed by atoms with Gasteiger partial charge >= 0.3 is 0 Å². The lowest BCUT2D eigenvalue weighted by Gasteiger charge is -2.18. The molecule has 8 heteroatoms. The molecule has 4 nitrogen and oxygen atoms in total. The third kappa shape index (κ3) is 5.33. The molecule has 0 radical (unpaired) electrons. The Bertz CT molecular complexity index is 651. The molecule has 0 aliphatic rings. The van der Waals surface area contributed by atoms with Crippen molar-refractivity contribution in [3.05, 3.63) is 27.7 Å². The fraction of sp³-hybridized carbons (Fsp3) is 0.462. The molecule has 1 rings (SSSR count). The van der Waals surface area contributed by atoms with E-state index in [0.29, 0.717) is 6.54 Å². The number of carbonyl (C=O) groups is 1. The number of rotatable bonds is 4. The van der Waals surface area contributed by atoms with Crippen LogP contribution in [0.25, 0.3) is 0 Å². The summed E-state index contributed by atoms with van der Waals surface area (Å²) >= 11 is 11.9. The van der Waals surface area contributed by atoms with Crippen molar-refractivity contribution in [3.63, 3.8) is 0 Å². The molecule has 0 aliphatic heterocycles. The minimum Gasteiger partial charge on any atom is -0.352 e. The molecule has 118 valence electrons. The van der Waals surface area contributed by atoms with Crippen LogP contribution in [0.5, 0.6) is 0 Å². The Morgan fingerprint density at radius 2 is 1.81 bits per heavy atom. The number of hydrogen-bond donors (Lipinski definition) is 1. The van der Waals surface area contributed by atoms with Crippen molar-refractivity contribution in [1.29, 1.82) is 0 Å². The van der Waals surface area contributed by atoms with Crippen LogP contribution in [0.4, 0.5) is 0 Å². The Morgan fingerprint density at radius 1 is 1.24 bits per heavy atom. The fourth-order valence-electron chi connectivity index (χ4n) is 1.57. The summed E-state index contributed by atoms with van der Waals surface area (Å²) in [6.07, 6.45) is 0.751. The van der Waals surface area contributed by atoms with Gasteiger partial charge in [-0.25, -0.2) is 8.42 Å². The molecular formula is C13H16Cl3NO3S. The smallest absolute Gasteiger partial charge is 0.262 e. The van der Waals surface area contributed by atoms with Gasteiger partial charge < -0.3 is 5.32 Å². The van der Waals surface area contributed by atoms with Crippen LogP contribution in [0.2, 0.25) is 10.0 Å². The van der Waals surface area contributed by atoms with Gasteiger partial charge in [-0.1, -0.05) is 44.0 Å². The highest BCUT2D eigenvalue weighted by Crippen LogP contribution is 2.32. The Kier molecular flexibility index (Phi) is 5.95. The molecular weight excluding hydrogens is 357 g/mol. The number of amides is 1. The van der Waals surface area contributed by atoms with E-state index in [-0.39, 0.29) is 25.9 Å². The number of benzene rings is 1. The molecule has 0 atom stereocenters. The van der Waals surface area contributed by atoms with Gasteiger partial charge in [-0.05, 0) is 24.0 Å². The topological polar surface area (TPSA) is 63.2 Å². The van der Waals surface area contributed by atoms with E-state index in [1.54, 1.807) is 0 Å². The first-order valence-corrected chi connectivity index (χ1v) is 9.21. The summed E-state index contributed by atoms with van der Waals surface area (Å²) in [4.78, 5) is 11.8. The number of carbonyl (C=O) groups excluding carboxylic acids is 1. The van der Waals surface area contributed by atoms with E-state index in [9.17, 15) is 13.2 Å². The molecule has 0 aliphatic carbocycles. The van der Waals surface area contributed by atoms with Crippen LogP contribution in [0, 0.1) is 5.41 Å². The largest absolute Gasteiger partial charge is 0.352 e. The second-order valence-corrected chi connectivity index (χ2v) is 9.06. The molecule has 0 spiro atoms. The molecule has 0 heterocycles. The Labute approximate surface area is 139 Å². The van der Waals surface area contributed by atoms with Crippen LogP contribution in [0.3, 0.4) is 0 Å². The first-order valence-electron chi connectivity index (χ1n) is 6.14. The van der Waals surface area contributed by atoms with Crippen LogP contribution in [0.15, 0.2) is 17.0 Å². The first kappa shape index (κ1) is 18.6. The van der Waals surface area contributed by atoms with Crippen LogP contribution < -0.4 is 5.32 Å². The molecule has 0 fully saturated rings. The van der Waals surface area contributed by atoms with E-state index < -0.39 is 15.0 Å². The van der Waals surface area contributed by atoms with Crippen LogP contribution in [-0.4, -0.2) is 20.9 Å². The van der Waals surface area contributed by atoms with E-state index in [2.05, 4.69) is 5.32 Å². The second-order valence-electron chi connectivity index (χ2n) is 5.74. The van der Waals surface area contributed by atoms with Crippen molar-refractivity contribution in [2.75, 3.05) is 6.54 Å². The van der Waals surface area contributed by atoms with Gasteiger partial charge in [-0.3, -0.25) is 4.79 Å². The summed E-state index contributed by atoms with van der Waals surface area (Å²) in [5.41, 5.74) is -0.0312. The summed E-state index contributed by atoms with van der Waals surface area (Å²) in [7, 11) is 1.22. The molecule has 1 N–H and O–H groups in total. The van der Waals surface area contributed by atoms with Crippen LogP contribution in [0.1, 0.15) is 37.6 Å². The first-order chi connectivity index (χ1) is 9.43. The van der Waals surface area contributed by atoms with Crippen LogP contribution in [-0.2, 0) is 9.05 Å². The van der Waals surface area contributed by atoms with Gasteiger partial charge in [0.05, 0.1) is 15.6 Å². The van der Waals surface area contributed by atoms with Crippen molar-refractivity contribution in [1.82, 2.24) is 5.32 Å². The number of hydrogen-bond acceptors (Lipinski definition) is 3. The average molecular weight is 373 g/mol. The lowest BCUT2D eigenvalue weighted by molar-refractivity contribution is 0.0949. The van der Waals surface area contributed by atoms with Gasteiger partial charge in [-0.15, -0.1) is 0 Å². The van der Waals surface area contributed by atoms with Gasteiger partial charge in [0.15, 0.2) is 0 Å². The molecule has 1 amide bonds. The van der Waals surface area contributed by atoms with Gasteiger partial charge in [-0.2, -0.15) is 0 Å². The maximum absolute atomic E-state index is 12.1. The molecule has 0 bridgehead atoms. The number of nitrogens with one attached hydrogen (secondary N) is 1.